The number of aryl methyl sites for hydroxylation is 1. The Kier molecular flexibility index (Phi) is 6.38. The molecular weight excluding hydrogens is 579 g/mol. The zero-order valence-electron chi connectivity index (χ0n) is 27.4. The van der Waals surface area contributed by atoms with E-state index in [1.54, 1.807) is 0 Å². The maximum absolute atomic E-state index is 2.57. The van der Waals surface area contributed by atoms with Crippen LogP contribution in [0.1, 0.15) is 87.1 Å². The Balaban J connectivity index is 0.994. The second-order valence-electron chi connectivity index (χ2n) is 14.4. The lowest BCUT2D eigenvalue weighted by molar-refractivity contribution is 0.664. The Morgan fingerprint density at radius 3 is 2.52 bits per heavy atom. The molecule has 5 aromatic rings. The minimum atomic E-state index is 0.284. The minimum Gasteiger partial charge on any atom is -0.333 e. The van der Waals surface area contributed by atoms with E-state index in [0.29, 0.717) is 23.7 Å². The van der Waals surface area contributed by atoms with Crippen LogP contribution in [0.15, 0.2) is 134 Å². The van der Waals surface area contributed by atoms with Gasteiger partial charge >= 0.3 is 0 Å². The quantitative estimate of drug-likeness (QED) is 0.195. The highest BCUT2D eigenvalue weighted by Crippen LogP contribution is 2.53. The fraction of sp³-hybridized carbons (Fsp3) is 0.191. The average Bonchev–Trinajstić information content (AvgIpc) is 3.49. The molecule has 48 heavy (non-hydrogen) atoms. The molecule has 0 N–H and O–H groups in total. The van der Waals surface area contributed by atoms with Gasteiger partial charge in [-0.3, -0.25) is 0 Å². The molecule has 5 atom stereocenters. The molecule has 0 radical (unpaired) electrons. The maximum Gasteiger partial charge on any atom is 0.0629 e. The van der Waals surface area contributed by atoms with Gasteiger partial charge in [-0.25, -0.2) is 0 Å². The second kappa shape index (κ2) is 11.0. The van der Waals surface area contributed by atoms with Crippen LogP contribution in [-0.4, -0.2) is 6.04 Å². The van der Waals surface area contributed by atoms with Gasteiger partial charge in [0.05, 0.1) is 6.04 Å². The van der Waals surface area contributed by atoms with Crippen molar-refractivity contribution in [3.8, 4) is 0 Å². The summed E-state index contributed by atoms with van der Waals surface area (Å²) in [7, 11) is 0. The fourth-order valence-electron chi connectivity index (χ4n) is 9.38. The number of nitrogens with zero attached hydrogens (tertiary/aromatic N) is 1. The van der Waals surface area contributed by atoms with E-state index in [-0.39, 0.29) is 6.04 Å². The Labute approximate surface area is 284 Å². The molecule has 0 saturated carbocycles. The van der Waals surface area contributed by atoms with Gasteiger partial charge in [-0.1, -0.05) is 140 Å². The lowest BCUT2D eigenvalue weighted by Gasteiger charge is -2.31. The van der Waals surface area contributed by atoms with E-state index in [0.717, 1.165) is 19.3 Å². The van der Waals surface area contributed by atoms with Crippen molar-refractivity contribution in [2.75, 3.05) is 4.90 Å². The molecule has 0 spiro atoms. The van der Waals surface area contributed by atoms with E-state index in [1.807, 2.05) is 0 Å². The van der Waals surface area contributed by atoms with E-state index in [1.165, 1.54) is 72.2 Å². The van der Waals surface area contributed by atoms with Crippen LogP contribution in [0.25, 0.3) is 29.0 Å². The molecule has 0 aromatic heterocycles. The Morgan fingerprint density at radius 2 is 1.56 bits per heavy atom. The zero-order chi connectivity index (χ0) is 31.8. The van der Waals surface area contributed by atoms with Crippen molar-refractivity contribution in [2.45, 2.75) is 55.9 Å². The summed E-state index contributed by atoms with van der Waals surface area (Å²) in [5.41, 5.74) is 15.7. The first-order valence-corrected chi connectivity index (χ1v) is 17.8. The Bertz CT molecular complexity index is 2270. The highest BCUT2D eigenvalue weighted by molar-refractivity contribution is 5.89. The third-order valence-electron chi connectivity index (χ3n) is 11.8. The van der Waals surface area contributed by atoms with Crippen LogP contribution >= 0.6 is 0 Å². The van der Waals surface area contributed by atoms with Gasteiger partial charge in [0, 0.05) is 29.1 Å². The van der Waals surface area contributed by atoms with Gasteiger partial charge in [0.15, 0.2) is 0 Å². The topological polar surface area (TPSA) is 3.24 Å². The van der Waals surface area contributed by atoms with Gasteiger partial charge in [-0.05, 0) is 104 Å². The first kappa shape index (κ1) is 27.9. The molecule has 1 aliphatic heterocycles. The number of fused-ring (bicyclic) bond motifs is 8. The van der Waals surface area contributed by atoms with Gasteiger partial charge in [-0.15, -0.1) is 0 Å². The third-order valence-corrected chi connectivity index (χ3v) is 11.8. The van der Waals surface area contributed by atoms with Crippen molar-refractivity contribution in [2.24, 2.45) is 0 Å². The summed E-state index contributed by atoms with van der Waals surface area (Å²) in [6, 6.07) is 34.9. The fourth-order valence-corrected chi connectivity index (χ4v) is 9.38. The SMILES string of the molecule is CC1c2ccc3c(c2C=CC1c1ccc2c(c1)CC(c1cccc4c1C=CCC4)C=C2)[C@@H]1C=CC=CC1N3c1ccc2ccccc2c1. The summed E-state index contributed by atoms with van der Waals surface area (Å²) in [5.74, 6) is 1.51. The van der Waals surface area contributed by atoms with Crippen LogP contribution in [0.3, 0.4) is 0 Å². The largest absolute Gasteiger partial charge is 0.333 e. The molecule has 0 fully saturated rings. The normalized spacial score (nSPS) is 24.3. The average molecular weight is 618 g/mol. The number of rotatable bonds is 3. The molecule has 5 aromatic carbocycles. The molecule has 10 rings (SSSR count). The molecule has 1 nitrogen and oxygen atoms in total. The monoisotopic (exact) mass is 617 g/mol. The van der Waals surface area contributed by atoms with Gasteiger partial charge in [-0.2, -0.15) is 0 Å². The number of benzene rings is 5. The zero-order valence-corrected chi connectivity index (χ0v) is 27.4. The van der Waals surface area contributed by atoms with Gasteiger partial charge < -0.3 is 4.90 Å². The summed E-state index contributed by atoms with van der Waals surface area (Å²) < 4.78 is 0. The number of allylic oxidation sites excluding steroid dienone is 5. The smallest absolute Gasteiger partial charge is 0.0629 e. The van der Waals surface area contributed by atoms with Crippen LogP contribution in [-0.2, 0) is 12.8 Å². The molecule has 0 bridgehead atoms. The molecule has 1 heterocycles. The highest BCUT2D eigenvalue weighted by atomic mass is 15.2. The number of anilines is 2. The molecule has 232 valence electrons. The van der Waals surface area contributed by atoms with Crippen LogP contribution in [0.5, 0.6) is 0 Å². The lowest BCUT2D eigenvalue weighted by atomic mass is 9.73. The second-order valence-corrected chi connectivity index (χ2v) is 14.4. The van der Waals surface area contributed by atoms with E-state index < -0.39 is 0 Å². The molecule has 4 aliphatic carbocycles. The van der Waals surface area contributed by atoms with Crippen molar-refractivity contribution in [3.05, 3.63) is 184 Å². The molecule has 5 aliphatic rings. The Morgan fingerprint density at radius 1 is 0.646 bits per heavy atom. The van der Waals surface area contributed by atoms with Gasteiger partial charge in [0.1, 0.15) is 0 Å². The van der Waals surface area contributed by atoms with Crippen molar-refractivity contribution < 1.29 is 0 Å². The Hall–Kier alpha value is -5.14. The summed E-state index contributed by atoms with van der Waals surface area (Å²) in [6.07, 6.45) is 27.1. The van der Waals surface area contributed by atoms with E-state index >= 15 is 0 Å². The van der Waals surface area contributed by atoms with E-state index in [4.69, 9.17) is 0 Å². The lowest BCUT2D eigenvalue weighted by Crippen LogP contribution is -2.28. The molecule has 0 amide bonds. The van der Waals surface area contributed by atoms with Crippen LogP contribution in [0.2, 0.25) is 0 Å². The van der Waals surface area contributed by atoms with Gasteiger partial charge in [0.25, 0.3) is 0 Å². The molecule has 1 heteroatoms. The van der Waals surface area contributed by atoms with Crippen molar-refractivity contribution in [3.63, 3.8) is 0 Å². The number of hydrogen-bond acceptors (Lipinski definition) is 1. The first-order valence-electron chi connectivity index (χ1n) is 17.8. The van der Waals surface area contributed by atoms with Crippen molar-refractivity contribution >= 4 is 40.4 Å². The summed E-state index contributed by atoms with van der Waals surface area (Å²) in [4.78, 5) is 2.57. The predicted molar refractivity (Wildman–Crippen MR) is 203 cm³/mol. The van der Waals surface area contributed by atoms with Crippen LogP contribution in [0.4, 0.5) is 11.4 Å². The molecule has 0 saturated heterocycles. The molecule has 4 unspecified atom stereocenters. The summed E-state index contributed by atoms with van der Waals surface area (Å²) in [5, 5.41) is 2.57. The third kappa shape index (κ3) is 4.30. The van der Waals surface area contributed by atoms with E-state index in [2.05, 4.69) is 164 Å². The highest BCUT2D eigenvalue weighted by Gasteiger charge is 2.41. The predicted octanol–water partition coefficient (Wildman–Crippen LogP) is 11.8. The minimum absolute atomic E-state index is 0.284. The standard InChI is InChI=1S/C47H39N/c1-30-39(35-19-17-32-18-20-36(28-37(32)27-35)42-15-8-12-33-10-4-5-13-41(33)42)23-24-43-40(30)25-26-46-47(43)44-14-6-7-16-45(44)48(46)38-22-21-31-9-2-3-11-34(31)29-38/h2-3,5-9,11-27,29-30,36,39,44-45H,4,10,28H2,1H3/t30?,36?,39?,44-,45?/m1/s1. The maximum atomic E-state index is 2.57. The molecular formula is C47H39N. The van der Waals surface area contributed by atoms with Crippen LogP contribution in [0, 0.1) is 0 Å². The van der Waals surface area contributed by atoms with Gasteiger partial charge in [0.2, 0.25) is 0 Å². The van der Waals surface area contributed by atoms with Crippen LogP contribution < -0.4 is 4.90 Å². The summed E-state index contributed by atoms with van der Waals surface area (Å²) in [6.45, 7) is 2.44. The number of hydrogen-bond donors (Lipinski definition) is 0. The van der Waals surface area contributed by atoms with Crippen molar-refractivity contribution in [1.29, 1.82) is 0 Å². The first-order chi connectivity index (χ1) is 23.7. The van der Waals surface area contributed by atoms with E-state index in [9.17, 15) is 0 Å². The van der Waals surface area contributed by atoms with Crippen molar-refractivity contribution in [1.82, 2.24) is 0 Å². The summed E-state index contributed by atoms with van der Waals surface area (Å²) >= 11 is 0.